The molecule has 2 aromatic rings. The van der Waals surface area contributed by atoms with Crippen molar-refractivity contribution in [3.05, 3.63) is 64.1 Å². The number of rotatable bonds is 7. The van der Waals surface area contributed by atoms with Crippen LogP contribution in [0.4, 0.5) is 0 Å². The van der Waals surface area contributed by atoms with Crippen molar-refractivity contribution in [2.45, 2.75) is 25.5 Å². The molecule has 0 unspecified atom stereocenters. The molecule has 1 amide bonds. The summed E-state index contributed by atoms with van der Waals surface area (Å²) in [6.07, 6.45) is -0.218. The fourth-order valence-corrected chi connectivity index (χ4v) is 2.69. The van der Waals surface area contributed by atoms with E-state index in [1.54, 1.807) is 25.1 Å². The van der Waals surface area contributed by atoms with Crippen LogP contribution in [0.25, 0.3) is 0 Å². The second-order valence-electron chi connectivity index (χ2n) is 5.51. The quantitative estimate of drug-likeness (QED) is 0.787. The molecule has 0 saturated carbocycles. The van der Waals surface area contributed by atoms with Crippen molar-refractivity contribution in [1.82, 2.24) is 5.32 Å². The second-order valence-corrected chi connectivity index (χ2v) is 6.38. The van der Waals surface area contributed by atoms with Gasteiger partial charge in [-0.05, 0) is 30.7 Å². The SMILES string of the molecule is C[C@H](NC(=O)COc1cc(Cl)cc(Cl)c1)[C@@H](O)Cc1ccccc1. The Morgan fingerprint density at radius 2 is 1.79 bits per heavy atom. The maximum atomic E-state index is 11.9. The zero-order chi connectivity index (χ0) is 17.5. The molecule has 0 fully saturated rings. The van der Waals surface area contributed by atoms with Gasteiger partial charge in [-0.1, -0.05) is 53.5 Å². The largest absolute Gasteiger partial charge is 0.484 e. The minimum atomic E-state index is -0.683. The molecule has 128 valence electrons. The minimum absolute atomic E-state index is 0.181. The van der Waals surface area contributed by atoms with Crippen LogP contribution in [0.15, 0.2) is 48.5 Å². The third-order valence-electron chi connectivity index (χ3n) is 3.46. The van der Waals surface area contributed by atoms with Crippen LogP contribution in [-0.2, 0) is 11.2 Å². The van der Waals surface area contributed by atoms with Crippen molar-refractivity contribution in [2.75, 3.05) is 6.61 Å². The standard InChI is InChI=1S/C18H19Cl2NO3/c1-12(17(22)7-13-5-3-2-4-6-13)21-18(23)11-24-16-9-14(19)8-15(20)10-16/h2-6,8-10,12,17,22H,7,11H2,1H3,(H,21,23)/t12-,17-/m0/s1. The van der Waals surface area contributed by atoms with Gasteiger partial charge in [0.2, 0.25) is 0 Å². The average Bonchev–Trinajstić information content (AvgIpc) is 2.53. The van der Waals surface area contributed by atoms with E-state index >= 15 is 0 Å². The summed E-state index contributed by atoms with van der Waals surface area (Å²) >= 11 is 11.7. The summed E-state index contributed by atoms with van der Waals surface area (Å²) in [4.78, 5) is 11.9. The van der Waals surface area contributed by atoms with Crippen LogP contribution in [0.3, 0.4) is 0 Å². The number of aliphatic hydroxyl groups excluding tert-OH is 1. The van der Waals surface area contributed by atoms with Crippen molar-refractivity contribution in [3.8, 4) is 5.75 Å². The van der Waals surface area contributed by atoms with Gasteiger partial charge < -0.3 is 15.2 Å². The number of hydrogen-bond acceptors (Lipinski definition) is 3. The Balaban J connectivity index is 1.80. The van der Waals surface area contributed by atoms with Gasteiger partial charge in [0, 0.05) is 16.5 Å². The third-order valence-corrected chi connectivity index (χ3v) is 3.90. The van der Waals surface area contributed by atoms with E-state index in [9.17, 15) is 9.90 Å². The first-order valence-corrected chi connectivity index (χ1v) is 8.30. The van der Waals surface area contributed by atoms with Gasteiger partial charge in [0.15, 0.2) is 6.61 Å². The number of benzene rings is 2. The van der Waals surface area contributed by atoms with Crippen LogP contribution >= 0.6 is 23.2 Å². The van der Waals surface area contributed by atoms with Gasteiger partial charge in [0.1, 0.15) is 5.75 Å². The molecule has 2 N–H and O–H groups in total. The molecule has 0 saturated heterocycles. The summed E-state index contributed by atoms with van der Waals surface area (Å²) in [6, 6.07) is 13.9. The number of nitrogens with one attached hydrogen (secondary N) is 1. The van der Waals surface area contributed by atoms with Crippen LogP contribution in [0.1, 0.15) is 12.5 Å². The topological polar surface area (TPSA) is 58.6 Å². The van der Waals surface area contributed by atoms with Gasteiger partial charge in [0.05, 0.1) is 12.1 Å². The van der Waals surface area contributed by atoms with Crippen molar-refractivity contribution < 1.29 is 14.6 Å². The van der Waals surface area contributed by atoms with E-state index < -0.39 is 12.1 Å². The van der Waals surface area contributed by atoms with Crippen LogP contribution in [-0.4, -0.2) is 29.8 Å². The Bertz CT molecular complexity index is 659. The third kappa shape index (κ3) is 6.04. The number of amides is 1. The smallest absolute Gasteiger partial charge is 0.258 e. The fourth-order valence-electron chi connectivity index (χ4n) is 2.18. The Labute approximate surface area is 151 Å². The van der Waals surface area contributed by atoms with Crippen LogP contribution < -0.4 is 10.1 Å². The van der Waals surface area contributed by atoms with Gasteiger partial charge in [-0.25, -0.2) is 0 Å². The zero-order valence-electron chi connectivity index (χ0n) is 13.2. The lowest BCUT2D eigenvalue weighted by molar-refractivity contribution is -0.124. The highest BCUT2D eigenvalue weighted by atomic mass is 35.5. The molecule has 0 aromatic heterocycles. The van der Waals surface area contributed by atoms with E-state index in [-0.39, 0.29) is 12.5 Å². The first kappa shape index (κ1) is 18.6. The summed E-state index contributed by atoms with van der Waals surface area (Å²) in [7, 11) is 0. The van der Waals surface area contributed by atoms with Crippen molar-refractivity contribution >= 4 is 29.1 Å². The summed E-state index contributed by atoms with van der Waals surface area (Å²) in [5, 5.41) is 13.8. The number of ether oxygens (including phenoxy) is 1. The van der Waals surface area contributed by atoms with E-state index in [1.165, 1.54) is 0 Å². The van der Waals surface area contributed by atoms with Crippen LogP contribution in [0.5, 0.6) is 5.75 Å². The molecule has 24 heavy (non-hydrogen) atoms. The van der Waals surface area contributed by atoms with Crippen molar-refractivity contribution in [2.24, 2.45) is 0 Å². The Morgan fingerprint density at radius 3 is 2.42 bits per heavy atom. The molecular weight excluding hydrogens is 349 g/mol. The van der Waals surface area contributed by atoms with Gasteiger partial charge in [-0.3, -0.25) is 4.79 Å². The zero-order valence-corrected chi connectivity index (χ0v) is 14.7. The molecule has 2 rings (SSSR count). The van der Waals surface area contributed by atoms with E-state index in [4.69, 9.17) is 27.9 Å². The van der Waals surface area contributed by atoms with Crippen molar-refractivity contribution in [1.29, 1.82) is 0 Å². The van der Waals surface area contributed by atoms with Crippen LogP contribution in [0, 0.1) is 0 Å². The Morgan fingerprint density at radius 1 is 1.17 bits per heavy atom. The summed E-state index contributed by atoms with van der Waals surface area (Å²) in [6.45, 7) is 1.57. The summed E-state index contributed by atoms with van der Waals surface area (Å²) in [5.41, 5.74) is 1.01. The molecular formula is C18H19Cl2NO3. The van der Waals surface area contributed by atoms with Crippen molar-refractivity contribution in [3.63, 3.8) is 0 Å². The number of hydrogen-bond donors (Lipinski definition) is 2. The monoisotopic (exact) mass is 367 g/mol. The molecule has 6 heteroatoms. The maximum Gasteiger partial charge on any atom is 0.258 e. The number of carbonyl (C=O) groups excluding carboxylic acids is 1. The Kier molecular flexibility index (Phi) is 6.91. The number of carbonyl (C=O) groups is 1. The van der Waals surface area contributed by atoms with Gasteiger partial charge >= 0.3 is 0 Å². The fraction of sp³-hybridized carbons (Fsp3) is 0.278. The van der Waals surface area contributed by atoms with E-state index in [0.29, 0.717) is 22.2 Å². The molecule has 0 spiro atoms. The lowest BCUT2D eigenvalue weighted by Crippen LogP contribution is -2.44. The van der Waals surface area contributed by atoms with Gasteiger partial charge in [0.25, 0.3) is 5.91 Å². The maximum absolute atomic E-state index is 11.9. The van der Waals surface area contributed by atoms with E-state index in [1.807, 2.05) is 30.3 Å². The van der Waals surface area contributed by atoms with Crippen LogP contribution in [0.2, 0.25) is 10.0 Å². The average molecular weight is 368 g/mol. The number of halogens is 2. The molecule has 0 aliphatic heterocycles. The molecule has 2 atom stereocenters. The Hall–Kier alpha value is -1.75. The minimum Gasteiger partial charge on any atom is -0.484 e. The molecule has 0 bridgehead atoms. The molecule has 0 radical (unpaired) electrons. The normalized spacial score (nSPS) is 13.2. The van der Waals surface area contributed by atoms with E-state index in [2.05, 4.69) is 5.32 Å². The van der Waals surface area contributed by atoms with E-state index in [0.717, 1.165) is 5.56 Å². The highest BCUT2D eigenvalue weighted by Gasteiger charge is 2.17. The second kappa shape index (κ2) is 8.92. The van der Waals surface area contributed by atoms with Gasteiger partial charge in [-0.2, -0.15) is 0 Å². The highest BCUT2D eigenvalue weighted by Crippen LogP contribution is 2.24. The lowest BCUT2D eigenvalue weighted by Gasteiger charge is -2.20. The predicted octanol–water partition coefficient (Wildman–Crippen LogP) is 3.48. The molecule has 0 aliphatic carbocycles. The van der Waals surface area contributed by atoms with Gasteiger partial charge in [-0.15, -0.1) is 0 Å². The first-order valence-electron chi connectivity index (χ1n) is 7.54. The molecule has 0 aliphatic rings. The molecule has 4 nitrogen and oxygen atoms in total. The first-order chi connectivity index (χ1) is 11.4. The lowest BCUT2D eigenvalue weighted by atomic mass is 10.0. The molecule has 2 aromatic carbocycles. The highest BCUT2D eigenvalue weighted by molar-refractivity contribution is 6.34. The number of aliphatic hydroxyl groups is 1. The predicted molar refractivity (Wildman–Crippen MR) is 95.7 cm³/mol. The summed E-state index contributed by atoms with van der Waals surface area (Å²) in [5.74, 6) is 0.0887. The summed E-state index contributed by atoms with van der Waals surface area (Å²) < 4.78 is 5.37. The molecule has 0 heterocycles.